The summed E-state index contributed by atoms with van der Waals surface area (Å²) >= 11 is 0. The second-order valence-electron chi connectivity index (χ2n) is 9.19. The van der Waals surface area contributed by atoms with Gasteiger partial charge in [0.15, 0.2) is 11.5 Å². The molecule has 0 atom stereocenters. The summed E-state index contributed by atoms with van der Waals surface area (Å²) in [4.78, 5) is 23.6. The van der Waals surface area contributed by atoms with Crippen LogP contribution in [0.2, 0.25) is 0 Å². The highest BCUT2D eigenvalue weighted by atomic mass is 16.6. The number of ether oxygens (including phenoxy) is 4. The van der Waals surface area contributed by atoms with E-state index < -0.39 is 6.09 Å². The van der Waals surface area contributed by atoms with Crippen molar-refractivity contribution in [2.75, 3.05) is 37.5 Å². The van der Waals surface area contributed by atoms with Crippen molar-refractivity contribution in [3.05, 3.63) is 42.7 Å². The van der Waals surface area contributed by atoms with E-state index in [2.05, 4.69) is 20.2 Å². The van der Waals surface area contributed by atoms with E-state index in [9.17, 15) is 4.79 Å². The molecular formula is C27H32N4O5. The lowest BCUT2D eigenvalue weighted by atomic mass is 10.1. The van der Waals surface area contributed by atoms with Crippen molar-refractivity contribution >= 4 is 28.5 Å². The molecule has 2 aromatic carbocycles. The number of piperidine rings is 1. The van der Waals surface area contributed by atoms with E-state index in [1.165, 1.54) is 12.8 Å². The van der Waals surface area contributed by atoms with E-state index in [1.807, 2.05) is 36.4 Å². The number of carbonyl (C=O) groups excluding carboxylic acids is 1. The minimum Gasteiger partial charge on any atom is -0.493 e. The molecule has 0 spiro atoms. The molecule has 1 saturated heterocycles. The van der Waals surface area contributed by atoms with Crippen LogP contribution in [0.4, 0.5) is 16.3 Å². The monoisotopic (exact) mass is 492 g/mol. The third-order valence-corrected chi connectivity index (χ3v) is 6.84. The van der Waals surface area contributed by atoms with Crippen LogP contribution in [0.3, 0.4) is 0 Å². The Bertz CT molecular complexity index is 1190. The second-order valence-corrected chi connectivity index (χ2v) is 9.19. The quantitative estimate of drug-likeness (QED) is 0.482. The van der Waals surface area contributed by atoms with Gasteiger partial charge in [-0.3, -0.25) is 5.32 Å². The smallest absolute Gasteiger partial charge is 0.411 e. The minimum atomic E-state index is -0.442. The SMILES string of the molecule is COc1cc2ncnc(N3CCC(OC(=O)Nc4ccc(OC5CCCC5)cc4)CC3)c2cc1OC. The summed E-state index contributed by atoms with van der Waals surface area (Å²) in [6.45, 7) is 1.43. The van der Waals surface area contributed by atoms with Gasteiger partial charge in [-0.15, -0.1) is 0 Å². The number of amides is 1. The largest absolute Gasteiger partial charge is 0.493 e. The summed E-state index contributed by atoms with van der Waals surface area (Å²) in [7, 11) is 3.22. The Balaban J connectivity index is 1.15. The molecule has 3 aromatic rings. The number of fused-ring (bicyclic) bond motifs is 1. The lowest BCUT2D eigenvalue weighted by Crippen LogP contribution is -2.39. The standard InChI is InChI=1S/C27H32N4O5/c1-33-24-15-22-23(16-25(24)34-2)28-17-29-26(22)31-13-11-21(12-14-31)36-27(32)30-18-7-9-20(10-8-18)35-19-5-3-4-6-19/h7-10,15-17,19,21H,3-6,11-14H2,1-2H3,(H,30,32). The molecule has 2 heterocycles. The topological polar surface area (TPSA) is 95.0 Å². The average molecular weight is 493 g/mol. The van der Waals surface area contributed by atoms with Crippen LogP contribution in [0.5, 0.6) is 17.2 Å². The van der Waals surface area contributed by atoms with Gasteiger partial charge in [-0.2, -0.15) is 0 Å². The summed E-state index contributed by atoms with van der Waals surface area (Å²) in [6, 6.07) is 11.2. The van der Waals surface area contributed by atoms with Crippen LogP contribution in [0, 0.1) is 0 Å². The molecule has 1 N–H and O–H groups in total. The van der Waals surface area contributed by atoms with Gasteiger partial charge in [-0.05, 0) is 56.0 Å². The first-order valence-corrected chi connectivity index (χ1v) is 12.5. The number of nitrogens with one attached hydrogen (secondary N) is 1. The van der Waals surface area contributed by atoms with Crippen molar-refractivity contribution in [1.29, 1.82) is 0 Å². The van der Waals surface area contributed by atoms with Gasteiger partial charge < -0.3 is 23.8 Å². The predicted molar refractivity (Wildman–Crippen MR) is 137 cm³/mol. The molecule has 9 heteroatoms. The highest BCUT2D eigenvalue weighted by Crippen LogP contribution is 2.35. The Morgan fingerprint density at radius 2 is 1.61 bits per heavy atom. The van der Waals surface area contributed by atoms with E-state index in [0.717, 1.165) is 35.3 Å². The zero-order valence-electron chi connectivity index (χ0n) is 20.7. The summed E-state index contributed by atoms with van der Waals surface area (Å²) in [5.41, 5.74) is 1.48. The minimum absolute atomic E-state index is 0.158. The molecule has 1 amide bonds. The lowest BCUT2D eigenvalue weighted by molar-refractivity contribution is 0.0950. The number of hydrogen-bond acceptors (Lipinski definition) is 8. The second kappa shape index (κ2) is 10.9. The third kappa shape index (κ3) is 5.40. The maximum absolute atomic E-state index is 12.5. The number of benzene rings is 2. The Morgan fingerprint density at radius 3 is 2.31 bits per heavy atom. The van der Waals surface area contributed by atoms with Crippen LogP contribution >= 0.6 is 0 Å². The molecule has 1 aliphatic heterocycles. The number of anilines is 2. The van der Waals surface area contributed by atoms with Gasteiger partial charge >= 0.3 is 6.09 Å². The first-order chi connectivity index (χ1) is 17.6. The van der Waals surface area contributed by atoms with Crippen LogP contribution < -0.4 is 24.4 Å². The fourth-order valence-electron chi connectivity index (χ4n) is 4.92. The summed E-state index contributed by atoms with van der Waals surface area (Å²) in [6.07, 6.45) is 7.37. The lowest BCUT2D eigenvalue weighted by Gasteiger charge is -2.33. The van der Waals surface area contributed by atoms with Crippen molar-refractivity contribution in [3.8, 4) is 17.2 Å². The fourth-order valence-corrected chi connectivity index (χ4v) is 4.92. The number of hydrogen-bond donors (Lipinski definition) is 1. The van der Waals surface area contributed by atoms with Gasteiger partial charge in [0.2, 0.25) is 0 Å². The summed E-state index contributed by atoms with van der Waals surface area (Å²) < 4.78 is 22.5. The van der Waals surface area contributed by atoms with Crippen molar-refractivity contribution in [2.45, 2.75) is 50.7 Å². The van der Waals surface area contributed by atoms with Crippen LogP contribution in [-0.4, -0.2) is 55.6 Å². The molecule has 190 valence electrons. The van der Waals surface area contributed by atoms with Gasteiger partial charge in [-0.25, -0.2) is 14.8 Å². The van der Waals surface area contributed by atoms with Gasteiger partial charge in [0.1, 0.15) is 24.0 Å². The summed E-state index contributed by atoms with van der Waals surface area (Å²) in [5.74, 6) is 2.93. The zero-order valence-corrected chi connectivity index (χ0v) is 20.7. The van der Waals surface area contributed by atoms with Crippen LogP contribution in [0.1, 0.15) is 38.5 Å². The Hall–Kier alpha value is -3.75. The molecular weight excluding hydrogens is 460 g/mol. The maximum atomic E-state index is 12.5. The van der Waals surface area contributed by atoms with Gasteiger partial charge in [0, 0.05) is 43.1 Å². The van der Waals surface area contributed by atoms with Gasteiger partial charge in [-0.1, -0.05) is 0 Å². The number of aromatic nitrogens is 2. The van der Waals surface area contributed by atoms with E-state index in [1.54, 1.807) is 20.5 Å². The molecule has 0 bridgehead atoms. The number of nitrogens with zero attached hydrogens (tertiary/aromatic N) is 3. The van der Waals surface area contributed by atoms with Crippen LogP contribution in [0.15, 0.2) is 42.7 Å². The molecule has 36 heavy (non-hydrogen) atoms. The van der Waals surface area contributed by atoms with Crippen molar-refractivity contribution in [3.63, 3.8) is 0 Å². The molecule has 0 unspecified atom stereocenters. The van der Waals surface area contributed by atoms with E-state index in [4.69, 9.17) is 18.9 Å². The van der Waals surface area contributed by atoms with Crippen molar-refractivity contribution < 1.29 is 23.7 Å². The third-order valence-electron chi connectivity index (χ3n) is 6.84. The van der Waals surface area contributed by atoms with Crippen LogP contribution in [-0.2, 0) is 4.74 Å². The Kier molecular flexibility index (Phi) is 7.25. The molecule has 0 radical (unpaired) electrons. The normalized spacial score (nSPS) is 16.7. The number of rotatable bonds is 7. The Labute approximate surface area is 210 Å². The molecule has 5 rings (SSSR count). The maximum Gasteiger partial charge on any atom is 0.411 e. The van der Waals surface area contributed by atoms with E-state index in [0.29, 0.717) is 49.2 Å². The predicted octanol–water partition coefficient (Wildman–Crippen LogP) is 5.19. The number of methoxy groups -OCH3 is 2. The Morgan fingerprint density at radius 1 is 0.917 bits per heavy atom. The first kappa shape index (κ1) is 24.0. The molecule has 1 aromatic heterocycles. The van der Waals surface area contributed by atoms with Crippen molar-refractivity contribution in [2.24, 2.45) is 0 Å². The summed E-state index contributed by atoms with van der Waals surface area (Å²) in [5, 5.41) is 3.72. The zero-order chi connectivity index (χ0) is 24.9. The van der Waals surface area contributed by atoms with E-state index in [-0.39, 0.29) is 6.10 Å². The van der Waals surface area contributed by atoms with Gasteiger partial charge in [0.05, 0.1) is 25.8 Å². The average Bonchev–Trinajstić information content (AvgIpc) is 3.42. The number of carbonyl (C=O) groups is 1. The highest BCUT2D eigenvalue weighted by Gasteiger charge is 2.25. The fraction of sp³-hybridized carbons (Fsp3) is 0.444. The molecule has 2 fully saturated rings. The van der Waals surface area contributed by atoms with Crippen molar-refractivity contribution in [1.82, 2.24) is 9.97 Å². The highest BCUT2D eigenvalue weighted by molar-refractivity contribution is 5.92. The van der Waals surface area contributed by atoms with Gasteiger partial charge in [0.25, 0.3) is 0 Å². The molecule has 1 saturated carbocycles. The molecule has 9 nitrogen and oxygen atoms in total. The first-order valence-electron chi connectivity index (χ1n) is 12.5. The molecule has 2 aliphatic rings. The van der Waals surface area contributed by atoms with Crippen LogP contribution in [0.25, 0.3) is 10.9 Å². The van der Waals surface area contributed by atoms with E-state index >= 15 is 0 Å². The molecule has 1 aliphatic carbocycles.